The number of hydrogen-bond donors (Lipinski definition) is 2. The Morgan fingerprint density at radius 3 is 2.93 bits per heavy atom. The van der Waals surface area contributed by atoms with E-state index in [1.165, 1.54) is 11.8 Å². The number of benzene rings is 1. The van der Waals surface area contributed by atoms with Crippen LogP contribution in [0.4, 0.5) is 5.88 Å². The third-order valence-corrected chi connectivity index (χ3v) is 5.32. The molecular formula is C19H18N4O3S. The van der Waals surface area contributed by atoms with Crippen molar-refractivity contribution in [3.8, 4) is 11.1 Å². The molecule has 3 aromatic rings. The van der Waals surface area contributed by atoms with E-state index in [1.54, 1.807) is 6.20 Å². The van der Waals surface area contributed by atoms with Crippen molar-refractivity contribution in [2.45, 2.75) is 31.3 Å². The summed E-state index contributed by atoms with van der Waals surface area (Å²) in [4.78, 5) is 31.5. The van der Waals surface area contributed by atoms with Crippen molar-refractivity contribution in [3.63, 3.8) is 0 Å². The first kappa shape index (κ1) is 17.5. The Morgan fingerprint density at radius 1 is 1.30 bits per heavy atom. The molecule has 0 saturated carbocycles. The van der Waals surface area contributed by atoms with Gasteiger partial charge in [-0.2, -0.15) is 0 Å². The largest absolute Gasteiger partial charge is 0.338 e. The van der Waals surface area contributed by atoms with Crippen LogP contribution < -0.4 is 10.9 Å². The predicted octanol–water partition coefficient (Wildman–Crippen LogP) is 2.95. The van der Waals surface area contributed by atoms with Crippen LogP contribution in [0.1, 0.15) is 23.2 Å². The maximum atomic E-state index is 12.3. The van der Waals surface area contributed by atoms with Gasteiger partial charge in [-0.25, -0.2) is 4.98 Å². The lowest BCUT2D eigenvalue weighted by atomic mass is 10.1. The molecule has 0 bridgehead atoms. The second kappa shape index (κ2) is 7.40. The topological polar surface area (TPSA) is 101 Å². The van der Waals surface area contributed by atoms with E-state index >= 15 is 0 Å². The third kappa shape index (κ3) is 3.80. The monoisotopic (exact) mass is 382 g/mol. The van der Waals surface area contributed by atoms with E-state index in [2.05, 4.69) is 20.4 Å². The first-order valence-electron chi connectivity index (χ1n) is 8.66. The summed E-state index contributed by atoms with van der Waals surface area (Å²) in [6.07, 6.45) is 4.12. The van der Waals surface area contributed by atoms with Crippen molar-refractivity contribution >= 4 is 23.6 Å². The molecule has 1 aliphatic rings. The molecule has 0 spiro atoms. The van der Waals surface area contributed by atoms with Crippen LogP contribution in [0, 0.1) is 6.92 Å². The van der Waals surface area contributed by atoms with Gasteiger partial charge in [0.25, 0.3) is 5.56 Å². The number of fused-ring (bicyclic) bond motifs is 1. The Hall–Kier alpha value is -2.87. The first-order valence-corrected chi connectivity index (χ1v) is 9.65. The zero-order chi connectivity index (χ0) is 18.8. The molecule has 0 saturated heterocycles. The fourth-order valence-electron chi connectivity index (χ4n) is 3.05. The lowest BCUT2D eigenvalue weighted by molar-refractivity contribution is -0.113. The Labute approximate surface area is 159 Å². The minimum Gasteiger partial charge on any atom is -0.338 e. The molecule has 1 aliphatic carbocycles. The highest BCUT2D eigenvalue weighted by Gasteiger charge is 2.18. The Bertz CT molecular complexity index is 1040. The van der Waals surface area contributed by atoms with Crippen LogP contribution in [0.25, 0.3) is 11.1 Å². The molecular weight excluding hydrogens is 364 g/mol. The first-order chi connectivity index (χ1) is 13.1. The molecule has 0 unspecified atom stereocenters. The van der Waals surface area contributed by atoms with Gasteiger partial charge in [0.05, 0.1) is 23.2 Å². The highest BCUT2D eigenvalue weighted by atomic mass is 32.2. The average Bonchev–Trinajstić information content (AvgIpc) is 3.30. The van der Waals surface area contributed by atoms with E-state index in [9.17, 15) is 9.59 Å². The van der Waals surface area contributed by atoms with Crippen LogP contribution in [-0.4, -0.2) is 26.8 Å². The maximum Gasteiger partial charge on any atom is 0.254 e. The lowest BCUT2D eigenvalue weighted by Gasteiger charge is -2.05. The van der Waals surface area contributed by atoms with Crippen LogP contribution >= 0.6 is 11.8 Å². The van der Waals surface area contributed by atoms with Crippen LogP contribution in [0.2, 0.25) is 0 Å². The van der Waals surface area contributed by atoms with Crippen molar-refractivity contribution in [1.82, 2.24) is 15.1 Å². The number of nitrogens with one attached hydrogen (secondary N) is 2. The van der Waals surface area contributed by atoms with E-state index < -0.39 is 0 Å². The minimum absolute atomic E-state index is 0.0997. The summed E-state index contributed by atoms with van der Waals surface area (Å²) in [5.74, 6) is 0.156. The summed E-state index contributed by atoms with van der Waals surface area (Å²) >= 11 is 1.19. The quantitative estimate of drug-likeness (QED) is 0.520. The van der Waals surface area contributed by atoms with Gasteiger partial charge in [0.1, 0.15) is 0 Å². The van der Waals surface area contributed by atoms with Crippen LogP contribution in [0.15, 0.2) is 44.9 Å². The number of nitrogens with zero attached hydrogens (tertiary/aromatic N) is 2. The summed E-state index contributed by atoms with van der Waals surface area (Å²) in [7, 11) is 0. The van der Waals surface area contributed by atoms with Crippen LogP contribution in [-0.2, 0) is 17.6 Å². The van der Waals surface area contributed by atoms with Gasteiger partial charge in [0.2, 0.25) is 11.8 Å². The van der Waals surface area contributed by atoms with E-state index in [0.29, 0.717) is 11.0 Å². The second-order valence-corrected chi connectivity index (χ2v) is 7.39. The highest BCUT2D eigenvalue weighted by Crippen LogP contribution is 2.28. The number of amides is 1. The van der Waals surface area contributed by atoms with Crippen LogP contribution in [0.3, 0.4) is 0 Å². The zero-order valence-corrected chi connectivity index (χ0v) is 15.6. The zero-order valence-electron chi connectivity index (χ0n) is 14.7. The van der Waals surface area contributed by atoms with E-state index in [4.69, 9.17) is 4.52 Å². The average molecular weight is 382 g/mol. The van der Waals surface area contributed by atoms with Gasteiger partial charge in [-0.1, -0.05) is 46.7 Å². The summed E-state index contributed by atoms with van der Waals surface area (Å²) in [6, 6.07) is 7.87. The van der Waals surface area contributed by atoms with E-state index in [0.717, 1.165) is 47.2 Å². The number of aromatic nitrogens is 3. The molecule has 0 atom stereocenters. The standard InChI is InChI=1S/C19H18N4O3S/c1-11-5-7-12(8-6-11)14-9-20-26-18(14)22-16(24)10-27-19-21-15-4-2-3-13(15)17(25)23-19/h5-9H,2-4,10H2,1H3,(H,22,24)(H,21,23,25). The van der Waals surface area contributed by atoms with Crippen molar-refractivity contribution in [3.05, 3.63) is 57.6 Å². The fourth-order valence-corrected chi connectivity index (χ4v) is 3.73. The normalized spacial score (nSPS) is 12.8. The molecule has 2 N–H and O–H groups in total. The molecule has 0 radical (unpaired) electrons. The van der Waals surface area contributed by atoms with Crippen LogP contribution in [0.5, 0.6) is 0 Å². The Kier molecular flexibility index (Phi) is 4.81. The van der Waals surface area contributed by atoms with Gasteiger partial charge in [-0.15, -0.1) is 0 Å². The second-order valence-electron chi connectivity index (χ2n) is 6.42. The van der Waals surface area contributed by atoms with Gasteiger partial charge in [-0.05, 0) is 31.7 Å². The Balaban J connectivity index is 1.42. The van der Waals surface area contributed by atoms with Gasteiger partial charge in [0, 0.05) is 5.56 Å². The molecule has 138 valence electrons. The molecule has 2 aromatic heterocycles. The number of anilines is 1. The number of thioether (sulfide) groups is 1. The number of aromatic amines is 1. The van der Waals surface area contributed by atoms with Crippen molar-refractivity contribution in [1.29, 1.82) is 0 Å². The molecule has 1 aromatic carbocycles. The number of rotatable bonds is 5. The van der Waals surface area contributed by atoms with Crippen molar-refractivity contribution < 1.29 is 9.32 Å². The van der Waals surface area contributed by atoms with E-state index in [1.807, 2.05) is 31.2 Å². The summed E-state index contributed by atoms with van der Waals surface area (Å²) < 4.78 is 5.19. The van der Waals surface area contributed by atoms with Gasteiger partial charge >= 0.3 is 0 Å². The molecule has 27 heavy (non-hydrogen) atoms. The van der Waals surface area contributed by atoms with Crippen molar-refractivity contribution in [2.24, 2.45) is 0 Å². The number of hydrogen-bond acceptors (Lipinski definition) is 6. The SMILES string of the molecule is Cc1ccc(-c2cnoc2NC(=O)CSc2nc3c(c(=O)[nH]2)CCC3)cc1. The predicted molar refractivity (Wildman–Crippen MR) is 103 cm³/mol. The molecule has 4 rings (SSSR count). The van der Waals surface area contributed by atoms with Gasteiger partial charge in [-0.3, -0.25) is 14.9 Å². The van der Waals surface area contributed by atoms with Gasteiger partial charge < -0.3 is 9.51 Å². The molecule has 8 heteroatoms. The molecule has 0 fully saturated rings. The molecule has 2 heterocycles. The van der Waals surface area contributed by atoms with Gasteiger partial charge in [0.15, 0.2) is 5.16 Å². The fraction of sp³-hybridized carbons (Fsp3) is 0.263. The lowest BCUT2D eigenvalue weighted by Crippen LogP contribution is -2.17. The number of carbonyl (C=O) groups excluding carboxylic acids is 1. The smallest absolute Gasteiger partial charge is 0.254 e. The summed E-state index contributed by atoms with van der Waals surface area (Å²) in [6.45, 7) is 2.01. The molecule has 7 nitrogen and oxygen atoms in total. The van der Waals surface area contributed by atoms with Crippen molar-refractivity contribution in [2.75, 3.05) is 11.1 Å². The number of H-pyrrole nitrogens is 1. The molecule has 1 amide bonds. The number of carbonyl (C=O) groups is 1. The molecule has 0 aliphatic heterocycles. The highest BCUT2D eigenvalue weighted by molar-refractivity contribution is 7.99. The summed E-state index contributed by atoms with van der Waals surface area (Å²) in [5.41, 5.74) is 4.30. The third-order valence-electron chi connectivity index (χ3n) is 4.45. The Morgan fingerprint density at radius 2 is 2.11 bits per heavy atom. The minimum atomic E-state index is -0.256. The van der Waals surface area contributed by atoms with E-state index in [-0.39, 0.29) is 17.2 Å². The number of aryl methyl sites for hydroxylation is 2. The maximum absolute atomic E-state index is 12.3. The summed E-state index contributed by atoms with van der Waals surface area (Å²) in [5, 5.41) is 6.98.